The summed E-state index contributed by atoms with van der Waals surface area (Å²) in [5, 5.41) is 4.03. The number of rotatable bonds is 2. The van der Waals surface area contributed by atoms with Gasteiger partial charge in [-0.1, -0.05) is 0 Å². The minimum atomic E-state index is -0.408. The van der Waals surface area contributed by atoms with E-state index in [1.54, 1.807) is 6.92 Å². The van der Waals surface area contributed by atoms with Crippen LogP contribution in [0.4, 0.5) is 4.39 Å². The van der Waals surface area contributed by atoms with Crippen LogP contribution in [-0.4, -0.2) is 15.6 Å². The van der Waals surface area contributed by atoms with Crippen LogP contribution < -0.4 is 5.56 Å². The maximum Gasteiger partial charge on any atom is 0.286 e. The van der Waals surface area contributed by atoms with Crippen LogP contribution in [-0.2, 0) is 0 Å². The molecule has 0 aliphatic heterocycles. The zero-order valence-electron chi connectivity index (χ0n) is 10.3. The summed E-state index contributed by atoms with van der Waals surface area (Å²) in [6, 6.07) is 5.31. The number of carbonyl (C=O) groups excluding carboxylic acids is 1. The van der Waals surface area contributed by atoms with Crippen molar-refractivity contribution in [1.82, 2.24) is 9.78 Å². The number of benzene rings is 1. The van der Waals surface area contributed by atoms with Crippen molar-refractivity contribution in [2.24, 2.45) is 0 Å². The van der Waals surface area contributed by atoms with Gasteiger partial charge in [0.2, 0.25) is 0 Å². The molecule has 0 radical (unpaired) electrons. The number of hydrogen-bond donors (Lipinski definition) is 0. The van der Waals surface area contributed by atoms with E-state index in [0.717, 1.165) is 4.68 Å². The van der Waals surface area contributed by atoms with Crippen molar-refractivity contribution in [3.05, 3.63) is 56.2 Å². The molecule has 4 nitrogen and oxygen atoms in total. The lowest BCUT2D eigenvalue weighted by Crippen LogP contribution is -2.25. The molecule has 0 bridgehead atoms. The van der Waals surface area contributed by atoms with Gasteiger partial charge >= 0.3 is 0 Å². The van der Waals surface area contributed by atoms with Crippen molar-refractivity contribution in [2.45, 2.75) is 13.8 Å². The van der Waals surface area contributed by atoms with E-state index in [-0.39, 0.29) is 15.9 Å². The van der Waals surface area contributed by atoms with Crippen LogP contribution in [0.3, 0.4) is 0 Å². The quantitative estimate of drug-likeness (QED) is 0.798. The van der Waals surface area contributed by atoms with E-state index in [2.05, 4.69) is 21.0 Å². The Bertz CT molecular complexity index is 708. The molecule has 0 saturated heterocycles. The standard InChI is InChI=1S/C13H10BrFN2O2/c1-7-11(14)13(19)17(16-12(7)8(2)18)10-5-3-9(15)4-6-10/h3-6H,1-2H3. The van der Waals surface area contributed by atoms with Gasteiger partial charge in [0.05, 0.1) is 10.2 Å². The highest BCUT2D eigenvalue weighted by atomic mass is 79.9. The first kappa shape index (κ1) is 13.6. The fraction of sp³-hybridized carbons (Fsp3) is 0.154. The molecule has 98 valence electrons. The lowest BCUT2D eigenvalue weighted by molar-refractivity contribution is 0.101. The molecule has 1 heterocycles. The Morgan fingerprint density at radius 1 is 1.32 bits per heavy atom. The SMILES string of the molecule is CC(=O)c1nn(-c2ccc(F)cc2)c(=O)c(Br)c1C. The predicted octanol–water partition coefficient (Wildman–Crippen LogP) is 2.65. The molecule has 1 aromatic heterocycles. The van der Waals surface area contributed by atoms with Crippen molar-refractivity contribution in [2.75, 3.05) is 0 Å². The molecule has 1 aromatic carbocycles. The number of halogens is 2. The van der Waals surface area contributed by atoms with Crippen LogP contribution in [0.5, 0.6) is 0 Å². The van der Waals surface area contributed by atoms with E-state index in [1.807, 2.05) is 0 Å². The fourth-order valence-corrected chi connectivity index (χ4v) is 2.03. The zero-order valence-corrected chi connectivity index (χ0v) is 11.9. The second kappa shape index (κ2) is 5.05. The number of nitrogens with zero attached hydrogens (tertiary/aromatic N) is 2. The molecule has 2 aromatic rings. The Labute approximate surface area is 117 Å². The molecule has 6 heteroatoms. The number of carbonyl (C=O) groups is 1. The lowest BCUT2D eigenvalue weighted by atomic mass is 10.2. The lowest BCUT2D eigenvalue weighted by Gasteiger charge is -2.09. The van der Waals surface area contributed by atoms with Gasteiger partial charge < -0.3 is 0 Å². The minimum absolute atomic E-state index is 0.204. The normalized spacial score (nSPS) is 10.5. The molecule has 0 aliphatic rings. The maximum atomic E-state index is 12.9. The van der Waals surface area contributed by atoms with E-state index in [1.165, 1.54) is 31.2 Å². The van der Waals surface area contributed by atoms with Gasteiger partial charge in [-0.25, -0.2) is 4.39 Å². The third kappa shape index (κ3) is 2.49. The molecule has 0 N–H and O–H groups in total. The average molecular weight is 325 g/mol. The van der Waals surface area contributed by atoms with Crippen molar-refractivity contribution >= 4 is 21.7 Å². The molecule has 0 fully saturated rings. The van der Waals surface area contributed by atoms with E-state index in [4.69, 9.17) is 0 Å². The van der Waals surface area contributed by atoms with Crippen LogP contribution in [0, 0.1) is 12.7 Å². The fourth-order valence-electron chi connectivity index (χ4n) is 1.67. The Balaban J connectivity index is 2.74. The van der Waals surface area contributed by atoms with Gasteiger partial charge in [0.25, 0.3) is 5.56 Å². The van der Waals surface area contributed by atoms with Gasteiger partial charge in [0.15, 0.2) is 5.78 Å². The first-order valence-corrected chi connectivity index (χ1v) is 6.27. The Morgan fingerprint density at radius 2 is 1.89 bits per heavy atom. The Morgan fingerprint density at radius 3 is 2.42 bits per heavy atom. The summed E-state index contributed by atoms with van der Waals surface area (Å²) in [7, 11) is 0. The van der Waals surface area contributed by atoms with Gasteiger partial charge in [0.1, 0.15) is 11.5 Å². The van der Waals surface area contributed by atoms with E-state index in [9.17, 15) is 14.0 Å². The summed E-state index contributed by atoms with van der Waals surface area (Å²) >= 11 is 3.16. The van der Waals surface area contributed by atoms with E-state index < -0.39 is 11.4 Å². The van der Waals surface area contributed by atoms with Crippen molar-refractivity contribution < 1.29 is 9.18 Å². The van der Waals surface area contributed by atoms with Crippen LogP contribution in [0.15, 0.2) is 33.5 Å². The van der Waals surface area contributed by atoms with Crippen LogP contribution in [0.25, 0.3) is 5.69 Å². The largest absolute Gasteiger partial charge is 0.293 e. The van der Waals surface area contributed by atoms with Crippen LogP contribution >= 0.6 is 15.9 Å². The summed E-state index contributed by atoms with van der Waals surface area (Å²) in [5.41, 5.74) is 0.704. The number of hydrogen-bond acceptors (Lipinski definition) is 3. The minimum Gasteiger partial charge on any atom is -0.293 e. The van der Waals surface area contributed by atoms with Gasteiger partial charge in [-0.05, 0) is 52.7 Å². The van der Waals surface area contributed by atoms with Gasteiger partial charge in [-0.2, -0.15) is 9.78 Å². The van der Waals surface area contributed by atoms with Crippen LogP contribution in [0.2, 0.25) is 0 Å². The second-order valence-electron chi connectivity index (χ2n) is 4.04. The maximum absolute atomic E-state index is 12.9. The first-order chi connectivity index (χ1) is 8.91. The summed E-state index contributed by atoms with van der Waals surface area (Å²) in [6.07, 6.45) is 0. The Kier molecular flexibility index (Phi) is 3.61. The van der Waals surface area contributed by atoms with Gasteiger partial charge in [-0.15, -0.1) is 0 Å². The van der Waals surface area contributed by atoms with E-state index in [0.29, 0.717) is 11.3 Å². The third-order valence-electron chi connectivity index (χ3n) is 2.67. The first-order valence-electron chi connectivity index (χ1n) is 5.48. The summed E-state index contributed by atoms with van der Waals surface area (Å²) < 4.78 is 14.2. The Hall–Kier alpha value is -1.82. The zero-order chi connectivity index (χ0) is 14.2. The molecule has 0 spiro atoms. The molecular formula is C13H10BrFN2O2. The van der Waals surface area contributed by atoms with Gasteiger partial charge in [-0.3, -0.25) is 9.59 Å². The summed E-state index contributed by atoms with van der Waals surface area (Å²) in [6.45, 7) is 3.02. The highest BCUT2D eigenvalue weighted by molar-refractivity contribution is 9.10. The molecule has 0 saturated carbocycles. The molecule has 0 amide bonds. The topological polar surface area (TPSA) is 52.0 Å². The highest BCUT2D eigenvalue weighted by Gasteiger charge is 2.16. The highest BCUT2D eigenvalue weighted by Crippen LogP contribution is 2.16. The number of Topliss-reactive ketones (excluding diaryl/α,β-unsaturated/α-hetero) is 1. The summed E-state index contributed by atoms with van der Waals surface area (Å²) in [5.74, 6) is -0.649. The molecule has 2 rings (SSSR count). The number of ketones is 1. The van der Waals surface area contributed by atoms with Crippen molar-refractivity contribution in [3.63, 3.8) is 0 Å². The molecular weight excluding hydrogens is 315 g/mol. The molecule has 19 heavy (non-hydrogen) atoms. The number of aromatic nitrogens is 2. The average Bonchev–Trinajstić information content (AvgIpc) is 2.37. The second-order valence-corrected chi connectivity index (χ2v) is 4.83. The van der Waals surface area contributed by atoms with E-state index >= 15 is 0 Å². The predicted molar refractivity (Wildman–Crippen MR) is 72.2 cm³/mol. The molecule has 0 atom stereocenters. The smallest absolute Gasteiger partial charge is 0.286 e. The summed E-state index contributed by atoms with van der Waals surface area (Å²) in [4.78, 5) is 23.6. The third-order valence-corrected chi connectivity index (χ3v) is 3.60. The monoisotopic (exact) mass is 324 g/mol. The molecule has 0 aliphatic carbocycles. The molecule has 0 unspecified atom stereocenters. The van der Waals surface area contributed by atoms with Crippen molar-refractivity contribution in [3.8, 4) is 5.69 Å². The van der Waals surface area contributed by atoms with Gasteiger partial charge in [0, 0.05) is 6.92 Å². The van der Waals surface area contributed by atoms with Crippen LogP contribution in [0.1, 0.15) is 23.0 Å². The van der Waals surface area contributed by atoms with Crippen molar-refractivity contribution in [1.29, 1.82) is 0 Å².